The summed E-state index contributed by atoms with van der Waals surface area (Å²) in [4.78, 5) is 12.3. The Labute approximate surface area is 140 Å². The molecule has 24 heavy (non-hydrogen) atoms. The SMILES string of the molecule is N#Cc1cccc(S(=O)(=O)N2CCNC(=O)C2c2ccccc2)c1. The fourth-order valence-electron chi connectivity index (χ4n) is 2.72. The van der Waals surface area contributed by atoms with Gasteiger partial charge in [0, 0.05) is 13.1 Å². The van der Waals surface area contributed by atoms with Crippen molar-refractivity contribution in [3.63, 3.8) is 0 Å². The minimum absolute atomic E-state index is 0.0113. The molecule has 1 aliphatic rings. The first-order valence-corrected chi connectivity index (χ1v) is 8.83. The van der Waals surface area contributed by atoms with E-state index in [1.807, 2.05) is 6.07 Å². The Morgan fingerprint density at radius 3 is 2.58 bits per heavy atom. The molecule has 0 saturated carbocycles. The maximum Gasteiger partial charge on any atom is 0.244 e. The summed E-state index contributed by atoms with van der Waals surface area (Å²) in [5, 5.41) is 11.7. The molecule has 2 aromatic carbocycles. The number of sulfonamides is 1. The van der Waals surface area contributed by atoms with Crippen LogP contribution in [0.3, 0.4) is 0 Å². The second kappa shape index (κ2) is 6.43. The van der Waals surface area contributed by atoms with Gasteiger partial charge in [0.05, 0.1) is 16.5 Å². The topological polar surface area (TPSA) is 90.3 Å². The Kier molecular flexibility index (Phi) is 4.34. The van der Waals surface area contributed by atoms with E-state index < -0.39 is 16.1 Å². The molecular formula is C17H15N3O3S. The van der Waals surface area contributed by atoms with Gasteiger partial charge < -0.3 is 5.32 Å². The summed E-state index contributed by atoms with van der Waals surface area (Å²) in [6.07, 6.45) is 0. The number of carbonyl (C=O) groups excluding carboxylic acids is 1. The number of benzene rings is 2. The number of piperazine rings is 1. The highest BCUT2D eigenvalue weighted by molar-refractivity contribution is 7.89. The normalized spacial score (nSPS) is 18.6. The van der Waals surface area contributed by atoms with Gasteiger partial charge in [0.1, 0.15) is 6.04 Å². The van der Waals surface area contributed by atoms with Crippen LogP contribution in [0.2, 0.25) is 0 Å². The van der Waals surface area contributed by atoms with Gasteiger partial charge in [-0.15, -0.1) is 0 Å². The molecule has 6 nitrogen and oxygen atoms in total. The highest BCUT2D eigenvalue weighted by atomic mass is 32.2. The van der Waals surface area contributed by atoms with E-state index in [-0.39, 0.29) is 29.5 Å². The first-order valence-electron chi connectivity index (χ1n) is 7.39. The summed E-state index contributed by atoms with van der Waals surface area (Å²) in [7, 11) is -3.90. The molecule has 1 N–H and O–H groups in total. The molecule has 3 rings (SSSR count). The molecule has 1 unspecified atom stereocenters. The van der Waals surface area contributed by atoms with Crippen LogP contribution in [0, 0.1) is 11.3 Å². The molecule has 0 bridgehead atoms. The molecule has 0 aromatic heterocycles. The van der Waals surface area contributed by atoms with Crippen LogP contribution in [0.25, 0.3) is 0 Å². The molecular weight excluding hydrogens is 326 g/mol. The third-order valence-electron chi connectivity index (χ3n) is 3.85. The van der Waals surface area contributed by atoms with Crippen molar-refractivity contribution in [2.45, 2.75) is 10.9 Å². The number of nitrogens with zero attached hydrogens (tertiary/aromatic N) is 2. The van der Waals surface area contributed by atoms with Gasteiger partial charge in [-0.05, 0) is 23.8 Å². The Bertz CT molecular complexity index is 904. The van der Waals surface area contributed by atoms with Crippen molar-refractivity contribution in [3.05, 3.63) is 65.7 Å². The maximum atomic E-state index is 13.0. The first-order chi connectivity index (χ1) is 11.5. The van der Waals surface area contributed by atoms with Gasteiger partial charge >= 0.3 is 0 Å². The van der Waals surface area contributed by atoms with Crippen LogP contribution in [-0.2, 0) is 14.8 Å². The van der Waals surface area contributed by atoms with Gasteiger partial charge in [0.2, 0.25) is 15.9 Å². The van der Waals surface area contributed by atoms with Crippen LogP contribution in [0.5, 0.6) is 0 Å². The van der Waals surface area contributed by atoms with Crippen molar-refractivity contribution in [2.24, 2.45) is 0 Å². The molecule has 2 aromatic rings. The highest BCUT2D eigenvalue weighted by Crippen LogP contribution is 2.29. The summed E-state index contributed by atoms with van der Waals surface area (Å²) >= 11 is 0. The molecule has 1 aliphatic heterocycles. The minimum Gasteiger partial charge on any atom is -0.353 e. The van der Waals surface area contributed by atoms with Crippen molar-refractivity contribution in [2.75, 3.05) is 13.1 Å². The summed E-state index contributed by atoms with van der Waals surface area (Å²) in [6.45, 7) is 0.420. The number of amides is 1. The van der Waals surface area contributed by atoms with Crippen LogP contribution in [0.15, 0.2) is 59.5 Å². The second-order valence-corrected chi connectivity index (χ2v) is 7.25. The average molecular weight is 341 g/mol. The van der Waals surface area contributed by atoms with E-state index in [2.05, 4.69) is 5.32 Å². The van der Waals surface area contributed by atoms with Crippen LogP contribution in [0.1, 0.15) is 17.2 Å². The predicted molar refractivity (Wildman–Crippen MR) is 87.2 cm³/mol. The number of nitrogens with one attached hydrogen (secondary N) is 1. The maximum absolute atomic E-state index is 13.0. The van der Waals surface area contributed by atoms with Gasteiger partial charge in [-0.1, -0.05) is 36.4 Å². The van der Waals surface area contributed by atoms with Gasteiger partial charge in [0.25, 0.3) is 0 Å². The monoisotopic (exact) mass is 341 g/mol. The van der Waals surface area contributed by atoms with Gasteiger partial charge in [-0.3, -0.25) is 4.79 Å². The van der Waals surface area contributed by atoms with Crippen LogP contribution in [-0.4, -0.2) is 31.7 Å². The lowest BCUT2D eigenvalue weighted by atomic mass is 10.1. The lowest BCUT2D eigenvalue weighted by Gasteiger charge is -2.34. The Morgan fingerprint density at radius 2 is 1.88 bits per heavy atom. The molecule has 1 amide bonds. The lowest BCUT2D eigenvalue weighted by Crippen LogP contribution is -2.52. The number of hydrogen-bond acceptors (Lipinski definition) is 4. The van der Waals surface area contributed by atoms with Crippen molar-refractivity contribution in [3.8, 4) is 6.07 Å². The summed E-state index contributed by atoms with van der Waals surface area (Å²) < 4.78 is 27.2. The molecule has 1 fully saturated rings. The standard InChI is InChI=1S/C17H15N3O3S/c18-12-13-5-4-8-15(11-13)24(22,23)20-10-9-19-17(21)16(20)14-6-2-1-3-7-14/h1-8,11,16H,9-10H2,(H,19,21). The molecule has 1 atom stereocenters. The van der Waals surface area contributed by atoms with E-state index in [0.29, 0.717) is 5.56 Å². The van der Waals surface area contributed by atoms with E-state index in [1.54, 1.807) is 30.3 Å². The van der Waals surface area contributed by atoms with Crippen molar-refractivity contribution < 1.29 is 13.2 Å². The van der Waals surface area contributed by atoms with E-state index in [0.717, 1.165) is 0 Å². The Morgan fingerprint density at radius 1 is 1.12 bits per heavy atom. The van der Waals surface area contributed by atoms with Crippen molar-refractivity contribution in [1.82, 2.24) is 9.62 Å². The van der Waals surface area contributed by atoms with Crippen molar-refractivity contribution >= 4 is 15.9 Å². The summed E-state index contributed by atoms with van der Waals surface area (Å²) in [5.41, 5.74) is 0.864. The Balaban J connectivity index is 2.07. The van der Waals surface area contributed by atoms with E-state index in [1.165, 1.54) is 28.6 Å². The number of carbonyl (C=O) groups is 1. The third kappa shape index (κ3) is 2.89. The fourth-order valence-corrected chi connectivity index (χ4v) is 4.34. The summed E-state index contributed by atoms with van der Waals surface area (Å²) in [6, 6.07) is 15.6. The fraction of sp³-hybridized carbons (Fsp3) is 0.176. The Hall–Kier alpha value is -2.69. The summed E-state index contributed by atoms with van der Waals surface area (Å²) in [5.74, 6) is -0.354. The van der Waals surface area contributed by atoms with E-state index in [4.69, 9.17) is 5.26 Å². The number of hydrogen-bond donors (Lipinski definition) is 1. The molecule has 7 heteroatoms. The zero-order valence-electron chi connectivity index (χ0n) is 12.7. The van der Waals surface area contributed by atoms with E-state index in [9.17, 15) is 13.2 Å². The third-order valence-corrected chi connectivity index (χ3v) is 5.71. The van der Waals surface area contributed by atoms with Gasteiger partial charge in [0.15, 0.2) is 0 Å². The number of rotatable bonds is 3. The minimum atomic E-state index is -3.90. The van der Waals surface area contributed by atoms with Crippen LogP contribution >= 0.6 is 0 Å². The van der Waals surface area contributed by atoms with E-state index >= 15 is 0 Å². The zero-order chi connectivity index (χ0) is 17.2. The lowest BCUT2D eigenvalue weighted by molar-refractivity contribution is -0.126. The van der Waals surface area contributed by atoms with Crippen LogP contribution in [0.4, 0.5) is 0 Å². The second-order valence-electron chi connectivity index (χ2n) is 5.36. The van der Waals surface area contributed by atoms with Gasteiger partial charge in [-0.2, -0.15) is 9.57 Å². The quantitative estimate of drug-likeness (QED) is 0.914. The largest absolute Gasteiger partial charge is 0.353 e. The predicted octanol–water partition coefficient (Wildman–Crippen LogP) is 1.42. The smallest absolute Gasteiger partial charge is 0.244 e. The molecule has 0 spiro atoms. The highest BCUT2D eigenvalue weighted by Gasteiger charge is 2.39. The molecule has 122 valence electrons. The van der Waals surface area contributed by atoms with Crippen LogP contribution < -0.4 is 5.32 Å². The molecule has 1 heterocycles. The number of nitriles is 1. The van der Waals surface area contributed by atoms with Gasteiger partial charge in [-0.25, -0.2) is 8.42 Å². The first kappa shape index (κ1) is 16.2. The van der Waals surface area contributed by atoms with Crippen molar-refractivity contribution in [1.29, 1.82) is 5.26 Å². The zero-order valence-corrected chi connectivity index (χ0v) is 13.5. The molecule has 0 radical (unpaired) electrons. The average Bonchev–Trinajstić information content (AvgIpc) is 2.62. The molecule has 1 saturated heterocycles. The molecule has 0 aliphatic carbocycles.